The van der Waals surface area contributed by atoms with Gasteiger partial charge >= 0.3 is 5.97 Å². The molecule has 6 nitrogen and oxygen atoms in total. The molecule has 0 heterocycles. The molecule has 116 valence electrons. The molecule has 2 rings (SSSR count). The molecule has 1 aliphatic carbocycles. The molecule has 3 N–H and O–H groups in total. The number of methoxy groups -OCH3 is 1. The van der Waals surface area contributed by atoms with Crippen LogP contribution in [0.2, 0.25) is 0 Å². The van der Waals surface area contributed by atoms with Gasteiger partial charge in [0.15, 0.2) is 0 Å². The summed E-state index contributed by atoms with van der Waals surface area (Å²) in [4.78, 5) is 11.6. The summed E-state index contributed by atoms with van der Waals surface area (Å²) in [6.45, 7) is 0. The van der Waals surface area contributed by atoms with Crippen molar-refractivity contribution in [3.63, 3.8) is 0 Å². The van der Waals surface area contributed by atoms with E-state index in [9.17, 15) is 13.2 Å². The number of hydrogen-bond acceptors (Lipinski definition) is 5. The lowest BCUT2D eigenvalue weighted by Gasteiger charge is -2.23. The Morgan fingerprint density at radius 2 is 1.95 bits per heavy atom. The number of benzene rings is 1. The van der Waals surface area contributed by atoms with Crippen molar-refractivity contribution in [2.24, 2.45) is 0 Å². The molecule has 1 aliphatic rings. The second kappa shape index (κ2) is 6.44. The lowest BCUT2D eigenvalue weighted by Crippen LogP contribution is -2.36. The smallest absolute Gasteiger partial charge is 0.339 e. The van der Waals surface area contributed by atoms with Gasteiger partial charge < -0.3 is 10.5 Å². The molecular weight excluding hydrogens is 292 g/mol. The number of hydrogen-bond donors (Lipinski definition) is 2. The Hall–Kier alpha value is -1.60. The Balaban J connectivity index is 2.33. The Morgan fingerprint density at radius 3 is 2.57 bits per heavy atom. The predicted molar refractivity (Wildman–Crippen MR) is 79.4 cm³/mol. The second-order valence-corrected chi connectivity index (χ2v) is 6.89. The van der Waals surface area contributed by atoms with Crippen LogP contribution in [0.4, 0.5) is 5.69 Å². The van der Waals surface area contributed by atoms with Crippen LogP contribution in [0, 0.1) is 0 Å². The van der Waals surface area contributed by atoms with Crippen LogP contribution < -0.4 is 10.5 Å². The number of nitrogen functional groups attached to an aromatic ring is 1. The van der Waals surface area contributed by atoms with Crippen molar-refractivity contribution < 1.29 is 17.9 Å². The van der Waals surface area contributed by atoms with Crippen LogP contribution in [-0.4, -0.2) is 27.5 Å². The van der Waals surface area contributed by atoms with Crippen LogP contribution in [0.25, 0.3) is 0 Å². The van der Waals surface area contributed by atoms with E-state index in [0.717, 1.165) is 32.1 Å². The summed E-state index contributed by atoms with van der Waals surface area (Å²) in [5.74, 6) is -0.695. The molecule has 0 spiro atoms. The van der Waals surface area contributed by atoms with Gasteiger partial charge in [0.2, 0.25) is 10.0 Å². The number of nitrogens with two attached hydrogens (primary N) is 1. The number of carbonyl (C=O) groups is 1. The van der Waals surface area contributed by atoms with Crippen molar-refractivity contribution in [2.75, 3.05) is 12.8 Å². The number of ether oxygens (including phenoxy) is 1. The van der Waals surface area contributed by atoms with E-state index in [1.54, 1.807) is 0 Å². The highest BCUT2D eigenvalue weighted by atomic mass is 32.2. The van der Waals surface area contributed by atoms with Crippen molar-refractivity contribution in [2.45, 2.75) is 43.0 Å². The number of carbonyl (C=O) groups excluding carboxylic acids is 1. The van der Waals surface area contributed by atoms with Crippen molar-refractivity contribution in [3.8, 4) is 0 Å². The van der Waals surface area contributed by atoms with Gasteiger partial charge in [-0.25, -0.2) is 17.9 Å². The first-order chi connectivity index (χ1) is 9.94. The molecule has 1 fully saturated rings. The van der Waals surface area contributed by atoms with E-state index >= 15 is 0 Å². The van der Waals surface area contributed by atoms with Gasteiger partial charge in [-0.3, -0.25) is 0 Å². The SMILES string of the molecule is COC(=O)c1ccc(N)cc1S(=O)(=O)NC1CCCCC1. The first kappa shape index (κ1) is 15.8. The summed E-state index contributed by atoms with van der Waals surface area (Å²) in [7, 11) is -2.59. The molecule has 0 aliphatic heterocycles. The van der Waals surface area contributed by atoms with E-state index < -0.39 is 16.0 Å². The molecule has 7 heteroatoms. The van der Waals surface area contributed by atoms with Crippen LogP contribution in [0.3, 0.4) is 0 Å². The minimum absolute atomic E-state index is 0.00462. The van der Waals surface area contributed by atoms with Gasteiger partial charge in [-0.15, -0.1) is 0 Å². The zero-order valence-corrected chi connectivity index (χ0v) is 12.8. The van der Waals surface area contributed by atoms with Crippen LogP contribution in [-0.2, 0) is 14.8 Å². The van der Waals surface area contributed by atoms with Gasteiger partial charge in [0.25, 0.3) is 0 Å². The van der Waals surface area contributed by atoms with Gasteiger partial charge in [-0.2, -0.15) is 0 Å². The van der Waals surface area contributed by atoms with Crippen molar-refractivity contribution in [1.29, 1.82) is 0 Å². The Bertz CT molecular complexity index is 622. The Labute approximate surface area is 124 Å². The second-order valence-electron chi connectivity index (χ2n) is 5.20. The first-order valence-electron chi connectivity index (χ1n) is 6.94. The Morgan fingerprint density at radius 1 is 1.29 bits per heavy atom. The van der Waals surface area contributed by atoms with E-state index in [1.807, 2.05) is 0 Å². The van der Waals surface area contributed by atoms with Crippen molar-refractivity contribution >= 4 is 21.7 Å². The average Bonchev–Trinajstić information content (AvgIpc) is 2.47. The predicted octanol–water partition coefficient (Wildman–Crippen LogP) is 1.67. The summed E-state index contributed by atoms with van der Waals surface area (Å²) in [6.07, 6.45) is 4.77. The maximum Gasteiger partial charge on any atom is 0.339 e. The van der Waals surface area contributed by atoms with Gasteiger partial charge in [0, 0.05) is 11.7 Å². The third kappa shape index (κ3) is 3.74. The summed E-state index contributed by atoms with van der Waals surface area (Å²) < 4.78 is 32.3. The zero-order valence-electron chi connectivity index (χ0n) is 12.0. The molecule has 0 bridgehead atoms. The number of rotatable bonds is 4. The van der Waals surface area contributed by atoms with Crippen molar-refractivity contribution in [3.05, 3.63) is 23.8 Å². The monoisotopic (exact) mass is 312 g/mol. The Kier molecular flexibility index (Phi) is 4.84. The van der Waals surface area contributed by atoms with Gasteiger partial charge in [-0.1, -0.05) is 19.3 Å². The topological polar surface area (TPSA) is 98.5 Å². The van der Waals surface area contributed by atoms with Crippen LogP contribution in [0.1, 0.15) is 42.5 Å². The van der Waals surface area contributed by atoms with Crippen molar-refractivity contribution in [1.82, 2.24) is 4.72 Å². The summed E-state index contributed by atoms with van der Waals surface area (Å²) >= 11 is 0. The maximum absolute atomic E-state index is 12.5. The highest BCUT2D eigenvalue weighted by Gasteiger charge is 2.26. The standard InChI is InChI=1S/C14H20N2O4S/c1-20-14(17)12-8-7-10(15)9-13(12)21(18,19)16-11-5-3-2-4-6-11/h7-9,11,16H,2-6,15H2,1H3. The van der Waals surface area contributed by atoms with Crippen LogP contribution in [0.5, 0.6) is 0 Å². The molecule has 1 saturated carbocycles. The normalized spacial score (nSPS) is 16.6. The molecule has 1 aromatic rings. The molecule has 0 unspecified atom stereocenters. The van der Waals surface area contributed by atoms with Crippen LogP contribution in [0.15, 0.2) is 23.1 Å². The van der Waals surface area contributed by atoms with E-state index in [-0.39, 0.29) is 22.2 Å². The molecule has 1 aromatic carbocycles. The minimum Gasteiger partial charge on any atom is -0.465 e. The largest absolute Gasteiger partial charge is 0.465 e. The average molecular weight is 312 g/mol. The lowest BCUT2D eigenvalue weighted by atomic mass is 9.96. The fraction of sp³-hybridized carbons (Fsp3) is 0.500. The van der Waals surface area contributed by atoms with E-state index in [0.29, 0.717) is 0 Å². The number of sulfonamides is 1. The number of nitrogens with one attached hydrogen (secondary N) is 1. The van der Waals surface area contributed by atoms with E-state index in [4.69, 9.17) is 5.73 Å². The fourth-order valence-corrected chi connectivity index (χ4v) is 4.08. The number of esters is 1. The van der Waals surface area contributed by atoms with Gasteiger partial charge in [0.1, 0.15) is 0 Å². The van der Waals surface area contributed by atoms with Gasteiger partial charge in [0.05, 0.1) is 17.6 Å². The molecule has 0 saturated heterocycles. The highest BCUT2D eigenvalue weighted by Crippen LogP contribution is 2.23. The summed E-state index contributed by atoms with van der Waals surface area (Å²) in [6, 6.07) is 4.05. The lowest BCUT2D eigenvalue weighted by molar-refractivity contribution is 0.0596. The van der Waals surface area contributed by atoms with E-state index in [2.05, 4.69) is 9.46 Å². The minimum atomic E-state index is -3.80. The molecule has 0 radical (unpaired) electrons. The first-order valence-corrected chi connectivity index (χ1v) is 8.42. The quantitative estimate of drug-likeness (QED) is 0.651. The summed E-state index contributed by atoms with van der Waals surface area (Å²) in [5.41, 5.74) is 5.93. The fourth-order valence-electron chi connectivity index (χ4n) is 2.54. The van der Waals surface area contributed by atoms with Gasteiger partial charge in [-0.05, 0) is 31.0 Å². The third-order valence-electron chi connectivity index (χ3n) is 3.63. The molecule has 0 aromatic heterocycles. The highest BCUT2D eigenvalue weighted by molar-refractivity contribution is 7.89. The molecular formula is C14H20N2O4S. The van der Waals surface area contributed by atoms with Crippen LogP contribution >= 0.6 is 0 Å². The van der Waals surface area contributed by atoms with E-state index in [1.165, 1.54) is 25.3 Å². The molecule has 0 amide bonds. The third-order valence-corrected chi connectivity index (χ3v) is 5.19. The molecule has 0 atom stereocenters. The maximum atomic E-state index is 12.5. The molecule has 21 heavy (non-hydrogen) atoms. The zero-order chi connectivity index (χ0) is 15.5. The number of anilines is 1. The summed E-state index contributed by atoms with van der Waals surface area (Å²) in [5, 5.41) is 0.